The van der Waals surface area contributed by atoms with Crippen LogP contribution < -0.4 is 5.32 Å². The van der Waals surface area contributed by atoms with Gasteiger partial charge >= 0.3 is 0 Å². The van der Waals surface area contributed by atoms with Crippen molar-refractivity contribution in [2.75, 3.05) is 6.54 Å². The van der Waals surface area contributed by atoms with E-state index >= 15 is 0 Å². The SMILES string of the molecule is Cn1cnc(CCNC(=O)c2ccncc2O)n1. The molecular formula is C11H13N5O2. The Hall–Kier alpha value is -2.44. The van der Waals surface area contributed by atoms with E-state index in [-0.39, 0.29) is 17.2 Å². The van der Waals surface area contributed by atoms with Gasteiger partial charge in [-0.25, -0.2) is 4.98 Å². The van der Waals surface area contributed by atoms with Crippen LogP contribution in [0.25, 0.3) is 0 Å². The summed E-state index contributed by atoms with van der Waals surface area (Å²) in [6.45, 7) is 0.407. The van der Waals surface area contributed by atoms with E-state index < -0.39 is 0 Å². The highest BCUT2D eigenvalue weighted by Crippen LogP contribution is 2.13. The number of hydrogen-bond acceptors (Lipinski definition) is 5. The molecule has 7 heteroatoms. The maximum atomic E-state index is 11.7. The summed E-state index contributed by atoms with van der Waals surface area (Å²) in [6, 6.07) is 1.46. The van der Waals surface area contributed by atoms with Crippen LogP contribution in [0.2, 0.25) is 0 Å². The van der Waals surface area contributed by atoms with Gasteiger partial charge in [0.05, 0.1) is 11.8 Å². The monoisotopic (exact) mass is 247 g/mol. The van der Waals surface area contributed by atoms with Gasteiger partial charge in [0.15, 0.2) is 5.82 Å². The number of carbonyl (C=O) groups is 1. The Bertz CT molecular complexity index is 552. The van der Waals surface area contributed by atoms with Crippen molar-refractivity contribution in [1.29, 1.82) is 0 Å². The maximum absolute atomic E-state index is 11.7. The molecule has 0 atom stereocenters. The summed E-state index contributed by atoms with van der Waals surface area (Å²) in [5.74, 6) is 0.188. The van der Waals surface area contributed by atoms with Crippen molar-refractivity contribution in [3.8, 4) is 5.75 Å². The zero-order valence-corrected chi connectivity index (χ0v) is 9.87. The third-order valence-corrected chi connectivity index (χ3v) is 2.33. The average molecular weight is 247 g/mol. The molecule has 0 bridgehead atoms. The largest absolute Gasteiger partial charge is 0.505 e. The standard InChI is InChI=1S/C11H13N5O2/c1-16-7-14-10(15-16)3-5-13-11(18)8-2-4-12-6-9(8)17/h2,4,6-7,17H,3,5H2,1H3,(H,13,18). The molecule has 2 aromatic heterocycles. The minimum Gasteiger partial charge on any atom is -0.505 e. The number of aromatic nitrogens is 4. The van der Waals surface area contributed by atoms with Crippen molar-refractivity contribution in [2.24, 2.45) is 7.05 Å². The lowest BCUT2D eigenvalue weighted by atomic mass is 10.2. The molecule has 0 aliphatic heterocycles. The lowest BCUT2D eigenvalue weighted by Crippen LogP contribution is -2.26. The molecule has 0 aliphatic carbocycles. The molecule has 2 aromatic rings. The van der Waals surface area contributed by atoms with Gasteiger partial charge in [0.2, 0.25) is 0 Å². The minimum atomic E-state index is -0.342. The van der Waals surface area contributed by atoms with E-state index in [4.69, 9.17) is 0 Å². The van der Waals surface area contributed by atoms with Crippen LogP contribution in [0.4, 0.5) is 0 Å². The van der Waals surface area contributed by atoms with Crippen molar-refractivity contribution in [3.63, 3.8) is 0 Å². The Labute approximate surface area is 104 Å². The van der Waals surface area contributed by atoms with Crippen LogP contribution in [0.3, 0.4) is 0 Å². The van der Waals surface area contributed by atoms with Gasteiger partial charge in [-0.2, -0.15) is 5.10 Å². The topological polar surface area (TPSA) is 92.9 Å². The number of hydrogen-bond donors (Lipinski definition) is 2. The molecule has 94 valence electrons. The molecule has 2 heterocycles. The molecule has 0 radical (unpaired) electrons. The Kier molecular flexibility index (Phi) is 3.52. The van der Waals surface area contributed by atoms with Crippen molar-refractivity contribution in [3.05, 3.63) is 36.2 Å². The Morgan fingerprint density at radius 1 is 1.56 bits per heavy atom. The molecule has 2 rings (SSSR count). The van der Waals surface area contributed by atoms with E-state index in [1.807, 2.05) is 0 Å². The first-order valence-corrected chi connectivity index (χ1v) is 5.42. The fourth-order valence-corrected chi connectivity index (χ4v) is 1.46. The van der Waals surface area contributed by atoms with Crippen LogP contribution in [0, 0.1) is 0 Å². The fraction of sp³-hybridized carbons (Fsp3) is 0.273. The molecule has 2 N–H and O–H groups in total. The van der Waals surface area contributed by atoms with Crippen molar-refractivity contribution in [1.82, 2.24) is 25.1 Å². The highest BCUT2D eigenvalue weighted by atomic mass is 16.3. The second-order valence-electron chi connectivity index (χ2n) is 3.73. The van der Waals surface area contributed by atoms with E-state index in [1.165, 1.54) is 18.5 Å². The number of rotatable bonds is 4. The molecule has 0 spiro atoms. The number of nitrogens with zero attached hydrogens (tertiary/aromatic N) is 4. The molecule has 18 heavy (non-hydrogen) atoms. The van der Waals surface area contributed by atoms with Crippen LogP contribution >= 0.6 is 0 Å². The molecular weight excluding hydrogens is 234 g/mol. The van der Waals surface area contributed by atoms with Gasteiger partial charge in [-0.15, -0.1) is 0 Å². The van der Waals surface area contributed by atoms with Gasteiger partial charge in [0.25, 0.3) is 5.91 Å². The summed E-state index contributed by atoms with van der Waals surface area (Å²) in [5.41, 5.74) is 0.207. The third-order valence-electron chi connectivity index (χ3n) is 2.33. The lowest BCUT2D eigenvalue weighted by Gasteiger charge is -2.04. The van der Waals surface area contributed by atoms with Crippen LogP contribution in [-0.2, 0) is 13.5 Å². The number of amides is 1. The Morgan fingerprint density at radius 3 is 3.06 bits per heavy atom. The first kappa shape index (κ1) is 12.0. The molecule has 0 unspecified atom stereocenters. The third kappa shape index (κ3) is 2.82. The summed E-state index contributed by atoms with van der Waals surface area (Å²) in [7, 11) is 1.78. The van der Waals surface area contributed by atoms with Crippen LogP contribution in [0.15, 0.2) is 24.8 Å². The molecule has 0 aromatic carbocycles. The van der Waals surface area contributed by atoms with Crippen molar-refractivity contribution < 1.29 is 9.90 Å². The predicted octanol–water partition coefficient (Wildman–Crippen LogP) is -0.112. The molecule has 0 saturated carbocycles. The molecule has 1 amide bonds. The summed E-state index contributed by atoms with van der Waals surface area (Å²) < 4.78 is 1.60. The van der Waals surface area contributed by atoms with E-state index in [9.17, 15) is 9.90 Å². The number of pyridine rings is 1. The van der Waals surface area contributed by atoms with E-state index in [2.05, 4.69) is 20.4 Å². The summed E-state index contributed by atoms with van der Waals surface area (Å²) >= 11 is 0. The molecule has 0 saturated heterocycles. The number of aromatic hydroxyl groups is 1. The van der Waals surface area contributed by atoms with Gasteiger partial charge in [-0.1, -0.05) is 0 Å². The Balaban J connectivity index is 1.87. The van der Waals surface area contributed by atoms with Crippen LogP contribution in [0.1, 0.15) is 16.2 Å². The van der Waals surface area contributed by atoms with E-state index in [1.54, 1.807) is 18.1 Å². The van der Waals surface area contributed by atoms with Gasteiger partial charge in [0.1, 0.15) is 12.1 Å². The van der Waals surface area contributed by atoms with E-state index in [0.29, 0.717) is 18.8 Å². The predicted molar refractivity (Wildman–Crippen MR) is 62.9 cm³/mol. The van der Waals surface area contributed by atoms with Gasteiger partial charge in [-0.05, 0) is 6.07 Å². The highest BCUT2D eigenvalue weighted by molar-refractivity contribution is 5.96. The first-order chi connectivity index (χ1) is 8.66. The second kappa shape index (κ2) is 5.26. The van der Waals surface area contributed by atoms with Crippen molar-refractivity contribution >= 4 is 5.91 Å². The molecule has 0 aliphatic rings. The van der Waals surface area contributed by atoms with Crippen LogP contribution in [0.5, 0.6) is 5.75 Å². The molecule has 0 fully saturated rings. The quantitative estimate of drug-likeness (QED) is 0.786. The first-order valence-electron chi connectivity index (χ1n) is 5.42. The highest BCUT2D eigenvalue weighted by Gasteiger charge is 2.10. The summed E-state index contributed by atoms with van der Waals surface area (Å²) in [6.07, 6.45) is 4.83. The number of aryl methyl sites for hydroxylation is 1. The fourth-order valence-electron chi connectivity index (χ4n) is 1.46. The zero-order chi connectivity index (χ0) is 13.0. The second-order valence-corrected chi connectivity index (χ2v) is 3.73. The van der Waals surface area contributed by atoms with Gasteiger partial charge in [0, 0.05) is 26.2 Å². The maximum Gasteiger partial charge on any atom is 0.255 e. The minimum absolute atomic E-state index is 0.133. The smallest absolute Gasteiger partial charge is 0.255 e. The average Bonchev–Trinajstić information content (AvgIpc) is 2.75. The normalized spacial score (nSPS) is 10.3. The van der Waals surface area contributed by atoms with Gasteiger partial charge < -0.3 is 10.4 Å². The number of carbonyl (C=O) groups excluding carboxylic acids is 1. The molecule has 7 nitrogen and oxygen atoms in total. The number of nitrogens with one attached hydrogen (secondary N) is 1. The van der Waals surface area contributed by atoms with Gasteiger partial charge in [-0.3, -0.25) is 14.5 Å². The lowest BCUT2D eigenvalue weighted by molar-refractivity contribution is 0.0951. The summed E-state index contributed by atoms with van der Waals surface area (Å²) in [5, 5.41) is 16.2. The zero-order valence-electron chi connectivity index (χ0n) is 9.87. The van der Waals surface area contributed by atoms with Crippen LogP contribution in [-0.4, -0.2) is 37.3 Å². The summed E-state index contributed by atoms with van der Waals surface area (Å²) in [4.78, 5) is 19.5. The Morgan fingerprint density at radius 2 is 2.39 bits per heavy atom. The van der Waals surface area contributed by atoms with Crippen molar-refractivity contribution in [2.45, 2.75) is 6.42 Å². The van der Waals surface area contributed by atoms with E-state index in [0.717, 1.165) is 0 Å².